The number of rotatable bonds is 6. The molecule has 37 heavy (non-hydrogen) atoms. The van der Waals surface area contributed by atoms with E-state index in [1.54, 1.807) is 18.2 Å². The molecule has 0 saturated carbocycles. The van der Waals surface area contributed by atoms with Gasteiger partial charge in [0.15, 0.2) is 0 Å². The fraction of sp³-hybridized carbons (Fsp3) is 0.222. The van der Waals surface area contributed by atoms with Crippen molar-refractivity contribution in [2.75, 3.05) is 13.1 Å². The number of carbonyl (C=O) groups is 1. The topological polar surface area (TPSA) is 89.3 Å². The molecule has 3 aromatic carbocycles. The van der Waals surface area contributed by atoms with Gasteiger partial charge in [0, 0.05) is 5.56 Å². The zero-order valence-electron chi connectivity index (χ0n) is 19.6. The Balaban J connectivity index is 1.45. The van der Waals surface area contributed by atoms with Gasteiger partial charge in [0.2, 0.25) is 0 Å². The normalized spacial score (nSPS) is 14.5. The summed E-state index contributed by atoms with van der Waals surface area (Å²) in [6.07, 6.45) is -1.12. The Morgan fingerprint density at radius 1 is 0.973 bits per heavy atom. The number of aromatic carboxylic acids is 1. The summed E-state index contributed by atoms with van der Waals surface area (Å²) in [5.74, 6) is -0.959. The third kappa shape index (κ3) is 5.80. The van der Waals surface area contributed by atoms with Crippen molar-refractivity contribution in [3.05, 3.63) is 84.1 Å². The van der Waals surface area contributed by atoms with Gasteiger partial charge in [-0.25, -0.2) is 9.48 Å². The molecule has 1 saturated heterocycles. The van der Waals surface area contributed by atoms with Gasteiger partial charge in [-0.2, -0.15) is 0 Å². The van der Waals surface area contributed by atoms with Crippen LogP contribution in [0.4, 0.5) is 13.2 Å². The first-order valence-electron chi connectivity index (χ1n) is 11.7. The maximum absolute atomic E-state index is 12.6. The van der Waals surface area contributed by atoms with Crippen LogP contribution in [0.2, 0.25) is 0 Å². The second kappa shape index (κ2) is 10.1. The van der Waals surface area contributed by atoms with Crippen LogP contribution in [-0.2, 0) is 0 Å². The number of nitrogens with zero attached hydrogens (tertiary/aromatic N) is 3. The Hall–Kier alpha value is -4.18. The number of piperidine rings is 1. The summed E-state index contributed by atoms with van der Waals surface area (Å²) < 4.78 is 43.2. The largest absolute Gasteiger partial charge is 0.573 e. The van der Waals surface area contributed by atoms with E-state index < -0.39 is 12.3 Å². The van der Waals surface area contributed by atoms with Crippen LogP contribution < -0.4 is 10.1 Å². The molecule has 0 amide bonds. The van der Waals surface area contributed by atoms with Gasteiger partial charge in [0.1, 0.15) is 11.4 Å². The Labute approximate surface area is 210 Å². The van der Waals surface area contributed by atoms with Crippen molar-refractivity contribution in [3.63, 3.8) is 0 Å². The second-order valence-corrected chi connectivity index (χ2v) is 8.84. The average molecular weight is 509 g/mol. The minimum Gasteiger partial charge on any atom is -0.478 e. The maximum atomic E-state index is 12.6. The van der Waals surface area contributed by atoms with Crippen molar-refractivity contribution >= 4 is 5.97 Å². The predicted molar refractivity (Wildman–Crippen MR) is 131 cm³/mol. The Morgan fingerprint density at radius 3 is 2.43 bits per heavy atom. The lowest BCUT2D eigenvalue weighted by molar-refractivity contribution is -0.274. The van der Waals surface area contributed by atoms with Gasteiger partial charge in [-0.3, -0.25) is 0 Å². The summed E-state index contributed by atoms with van der Waals surface area (Å²) >= 11 is 0. The summed E-state index contributed by atoms with van der Waals surface area (Å²) in [5, 5.41) is 21.2. The lowest BCUT2D eigenvalue weighted by Crippen LogP contribution is -2.26. The smallest absolute Gasteiger partial charge is 0.478 e. The van der Waals surface area contributed by atoms with Gasteiger partial charge >= 0.3 is 12.3 Å². The number of alkyl halides is 3. The minimum absolute atomic E-state index is 0.0764. The van der Waals surface area contributed by atoms with Crippen LogP contribution in [0.3, 0.4) is 0 Å². The van der Waals surface area contributed by atoms with Crippen LogP contribution in [0.1, 0.15) is 34.7 Å². The molecule has 0 bridgehead atoms. The zero-order valence-corrected chi connectivity index (χ0v) is 19.6. The highest BCUT2D eigenvalue weighted by Crippen LogP contribution is 2.31. The highest BCUT2D eigenvalue weighted by molar-refractivity contribution is 5.90. The first-order valence-corrected chi connectivity index (χ1v) is 11.7. The third-order valence-corrected chi connectivity index (χ3v) is 6.34. The van der Waals surface area contributed by atoms with E-state index in [9.17, 15) is 23.1 Å². The van der Waals surface area contributed by atoms with Crippen molar-refractivity contribution in [2.24, 2.45) is 0 Å². The number of carboxylic acids is 1. The molecule has 2 heterocycles. The molecule has 0 aliphatic carbocycles. The van der Waals surface area contributed by atoms with E-state index in [-0.39, 0.29) is 11.3 Å². The molecule has 1 aromatic heterocycles. The van der Waals surface area contributed by atoms with Crippen LogP contribution in [0.5, 0.6) is 5.75 Å². The van der Waals surface area contributed by atoms with Crippen molar-refractivity contribution in [1.29, 1.82) is 0 Å². The number of hydrogen-bond donors (Lipinski definition) is 2. The number of hydrogen-bond acceptors (Lipinski definition) is 5. The number of nitrogens with one attached hydrogen (secondary N) is 1. The van der Waals surface area contributed by atoms with E-state index in [1.807, 2.05) is 12.1 Å². The highest BCUT2D eigenvalue weighted by atomic mass is 19.4. The lowest BCUT2D eigenvalue weighted by atomic mass is 9.89. The van der Waals surface area contributed by atoms with Crippen molar-refractivity contribution in [3.8, 4) is 33.8 Å². The van der Waals surface area contributed by atoms with Crippen molar-refractivity contribution < 1.29 is 27.8 Å². The maximum Gasteiger partial charge on any atom is 0.573 e. The summed E-state index contributed by atoms with van der Waals surface area (Å²) in [6.45, 7) is 1.99. The molecular weight excluding hydrogens is 485 g/mol. The van der Waals surface area contributed by atoms with Crippen molar-refractivity contribution in [2.45, 2.75) is 25.1 Å². The molecule has 5 rings (SSSR count). The minimum atomic E-state index is -4.81. The molecule has 4 aromatic rings. The molecule has 190 valence electrons. The zero-order chi connectivity index (χ0) is 26.0. The van der Waals surface area contributed by atoms with Crippen molar-refractivity contribution in [1.82, 2.24) is 20.3 Å². The molecule has 0 unspecified atom stereocenters. The first kappa shape index (κ1) is 24.5. The number of benzene rings is 3. The van der Waals surface area contributed by atoms with Gasteiger partial charge in [0.05, 0.1) is 17.4 Å². The van der Waals surface area contributed by atoms with E-state index >= 15 is 0 Å². The quantitative estimate of drug-likeness (QED) is 0.349. The van der Waals surface area contributed by atoms with E-state index in [0.29, 0.717) is 28.4 Å². The van der Waals surface area contributed by atoms with Gasteiger partial charge in [-0.15, -0.1) is 18.3 Å². The summed E-state index contributed by atoms with van der Waals surface area (Å²) in [5.41, 5.74) is 4.03. The lowest BCUT2D eigenvalue weighted by Gasteiger charge is -2.23. The molecular formula is C27H23F3N4O3. The van der Waals surface area contributed by atoms with E-state index in [4.69, 9.17) is 0 Å². The SMILES string of the molecule is O=C(O)c1cc(-c2ccc(C3CCNCC3)cc2)cc(-n2cc(-c3cccc(OC(F)(F)F)c3)nn2)c1. The number of halogens is 3. The van der Waals surface area contributed by atoms with Gasteiger partial charge in [-0.1, -0.05) is 41.6 Å². The van der Waals surface area contributed by atoms with E-state index in [1.165, 1.54) is 40.7 Å². The average Bonchev–Trinajstić information content (AvgIpc) is 3.39. The summed E-state index contributed by atoms with van der Waals surface area (Å²) in [6, 6.07) is 18.4. The van der Waals surface area contributed by atoms with E-state index in [2.05, 4.69) is 32.5 Å². The second-order valence-electron chi connectivity index (χ2n) is 8.84. The predicted octanol–water partition coefficient (Wildman–Crippen LogP) is 5.67. The van der Waals surface area contributed by atoms with Crippen LogP contribution in [0, 0.1) is 0 Å². The Kier molecular flexibility index (Phi) is 6.66. The molecule has 0 radical (unpaired) electrons. The summed E-state index contributed by atoms with van der Waals surface area (Å²) in [7, 11) is 0. The van der Waals surface area contributed by atoms with Gasteiger partial charge in [0.25, 0.3) is 0 Å². The summed E-state index contributed by atoms with van der Waals surface area (Å²) in [4.78, 5) is 11.8. The van der Waals surface area contributed by atoms with Crippen LogP contribution in [-0.4, -0.2) is 45.5 Å². The van der Waals surface area contributed by atoms with Crippen LogP contribution in [0.15, 0.2) is 72.9 Å². The standard InChI is InChI=1S/C27H23F3N4O3/c28-27(29,30)37-24-3-1-2-20(15-24)25-16-34(33-32-25)23-13-21(12-22(14-23)26(35)36)18-6-4-17(5-7-18)19-8-10-31-11-9-19/h1-7,12-16,19,31H,8-11H2,(H,35,36). The molecule has 7 nitrogen and oxygen atoms in total. The Bertz CT molecular complexity index is 1410. The molecule has 0 atom stereocenters. The monoisotopic (exact) mass is 508 g/mol. The third-order valence-electron chi connectivity index (χ3n) is 6.34. The first-order chi connectivity index (χ1) is 17.7. The van der Waals surface area contributed by atoms with Crippen LogP contribution in [0.25, 0.3) is 28.1 Å². The molecule has 0 spiro atoms. The fourth-order valence-electron chi connectivity index (χ4n) is 4.51. The van der Waals surface area contributed by atoms with Gasteiger partial charge < -0.3 is 15.2 Å². The molecule has 1 fully saturated rings. The molecule has 10 heteroatoms. The van der Waals surface area contributed by atoms with E-state index in [0.717, 1.165) is 31.5 Å². The fourth-order valence-corrected chi connectivity index (χ4v) is 4.51. The molecule has 2 N–H and O–H groups in total. The number of aromatic nitrogens is 3. The highest BCUT2D eigenvalue weighted by Gasteiger charge is 2.31. The molecule has 1 aliphatic rings. The number of carboxylic acid groups (broad SMARTS) is 1. The van der Waals surface area contributed by atoms with Gasteiger partial charge in [-0.05, 0) is 78.9 Å². The number of ether oxygens (including phenoxy) is 1. The Morgan fingerprint density at radius 2 is 1.73 bits per heavy atom. The van der Waals surface area contributed by atoms with Crippen LogP contribution >= 0.6 is 0 Å². The molecule has 1 aliphatic heterocycles.